The SMILES string of the molecule is CC(C)(C)CC1CCC(=O)N1C(=O)O. The van der Waals surface area contributed by atoms with E-state index in [9.17, 15) is 9.59 Å². The van der Waals surface area contributed by atoms with E-state index in [-0.39, 0.29) is 17.4 Å². The molecule has 0 saturated carbocycles. The van der Waals surface area contributed by atoms with E-state index in [2.05, 4.69) is 20.8 Å². The van der Waals surface area contributed by atoms with E-state index >= 15 is 0 Å². The second-order valence-electron chi connectivity index (χ2n) is 5.00. The summed E-state index contributed by atoms with van der Waals surface area (Å²) in [5.74, 6) is -0.258. The normalized spacial score (nSPS) is 22.9. The Kier molecular flexibility index (Phi) is 2.83. The molecule has 1 aliphatic heterocycles. The van der Waals surface area contributed by atoms with Crippen molar-refractivity contribution in [3.63, 3.8) is 0 Å². The average Bonchev–Trinajstić information content (AvgIpc) is 2.27. The number of likely N-dealkylation sites (tertiary alicyclic amines) is 1. The molecule has 2 amide bonds. The molecule has 80 valence electrons. The van der Waals surface area contributed by atoms with Crippen LogP contribution in [0.3, 0.4) is 0 Å². The molecule has 1 heterocycles. The lowest BCUT2D eigenvalue weighted by atomic mass is 9.87. The van der Waals surface area contributed by atoms with E-state index in [1.165, 1.54) is 0 Å². The number of imide groups is 1. The van der Waals surface area contributed by atoms with Gasteiger partial charge in [0.1, 0.15) is 0 Å². The smallest absolute Gasteiger partial charge is 0.414 e. The van der Waals surface area contributed by atoms with Crippen molar-refractivity contribution in [2.45, 2.75) is 46.1 Å². The second-order valence-corrected chi connectivity index (χ2v) is 5.00. The zero-order chi connectivity index (χ0) is 10.9. The first-order valence-electron chi connectivity index (χ1n) is 4.86. The van der Waals surface area contributed by atoms with E-state index in [0.717, 1.165) is 11.3 Å². The molecule has 0 radical (unpaired) electrons. The van der Waals surface area contributed by atoms with E-state index in [1.807, 2.05) is 0 Å². The highest BCUT2D eigenvalue weighted by Crippen LogP contribution is 2.30. The van der Waals surface area contributed by atoms with Crippen molar-refractivity contribution in [3.05, 3.63) is 0 Å². The minimum atomic E-state index is -1.11. The minimum Gasteiger partial charge on any atom is -0.465 e. The fourth-order valence-corrected chi connectivity index (χ4v) is 1.91. The van der Waals surface area contributed by atoms with Gasteiger partial charge in [0.15, 0.2) is 0 Å². The lowest BCUT2D eigenvalue weighted by molar-refractivity contribution is -0.127. The molecule has 1 atom stereocenters. The van der Waals surface area contributed by atoms with Crippen LogP contribution in [0.5, 0.6) is 0 Å². The van der Waals surface area contributed by atoms with E-state index in [0.29, 0.717) is 12.8 Å². The summed E-state index contributed by atoms with van der Waals surface area (Å²) in [4.78, 5) is 23.1. The summed E-state index contributed by atoms with van der Waals surface area (Å²) in [6.45, 7) is 6.15. The van der Waals surface area contributed by atoms with E-state index < -0.39 is 6.09 Å². The molecule has 1 fully saturated rings. The maximum absolute atomic E-state index is 11.3. The van der Waals surface area contributed by atoms with Crippen LogP contribution < -0.4 is 0 Å². The highest BCUT2D eigenvalue weighted by molar-refractivity contribution is 5.93. The van der Waals surface area contributed by atoms with Crippen molar-refractivity contribution in [2.24, 2.45) is 5.41 Å². The maximum Gasteiger partial charge on any atom is 0.414 e. The van der Waals surface area contributed by atoms with Gasteiger partial charge in [0.25, 0.3) is 0 Å². The quantitative estimate of drug-likeness (QED) is 0.703. The number of hydrogen-bond donors (Lipinski definition) is 1. The molecule has 1 N–H and O–H groups in total. The number of carbonyl (C=O) groups is 2. The lowest BCUT2D eigenvalue weighted by Gasteiger charge is -2.27. The van der Waals surface area contributed by atoms with Gasteiger partial charge in [0.2, 0.25) is 5.91 Å². The largest absolute Gasteiger partial charge is 0.465 e. The predicted octanol–water partition coefficient (Wildman–Crippen LogP) is 2.09. The van der Waals surface area contributed by atoms with Crippen molar-refractivity contribution in [1.29, 1.82) is 0 Å². The van der Waals surface area contributed by atoms with Crippen LogP contribution in [0.15, 0.2) is 0 Å². The van der Waals surface area contributed by atoms with Crippen LogP contribution in [-0.4, -0.2) is 28.0 Å². The first kappa shape index (κ1) is 11.0. The zero-order valence-corrected chi connectivity index (χ0v) is 8.91. The summed E-state index contributed by atoms with van der Waals surface area (Å²) in [7, 11) is 0. The van der Waals surface area contributed by atoms with E-state index in [1.54, 1.807) is 0 Å². The highest BCUT2D eigenvalue weighted by Gasteiger charge is 2.37. The third-order valence-corrected chi connectivity index (χ3v) is 2.38. The van der Waals surface area contributed by atoms with Gasteiger partial charge in [-0.05, 0) is 18.3 Å². The maximum atomic E-state index is 11.3. The molecule has 1 aliphatic rings. The number of nitrogens with zero attached hydrogens (tertiary/aromatic N) is 1. The van der Waals surface area contributed by atoms with Crippen LogP contribution in [0.1, 0.15) is 40.0 Å². The van der Waals surface area contributed by atoms with Crippen LogP contribution in [0.2, 0.25) is 0 Å². The molecule has 14 heavy (non-hydrogen) atoms. The Balaban J connectivity index is 2.70. The second kappa shape index (κ2) is 3.59. The van der Waals surface area contributed by atoms with Gasteiger partial charge >= 0.3 is 6.09 Å². The first-order valence-corrected chi connectivity index (χ1v) is 4.86. The van der Waals surface area contributed by atoms with Crippen molar-refractivity contribution in [3.8, 4) is 0 Å². The summed E-state index contributed by atoms with van der Waals surface area (Å²) < 4.78 is 0. The van der Waals surface area contributed by atoms with Gasteiger partial charge in [0, 0.05) is 12.5 Å². The summed E-state index contributed by atoms with van der Waals surface area (Å²) in [6, 6.07) is -0.125. The molecule has 1 saturated heterocycles. The Morgan fingerprint density at radius 1 is 1.57 bits per heavy atom. The van der Waals surface area contributed by atoms with E-state index in [4.69, 9.17) is 5.11 Å². The molecule has 0 bridgehead atoms. The van der Waals surface area contributed by atoms with Gasteiger partial charge in [-0.2, -0.15) is 0 Å². The van der Waals surface area contributed by atoms with Gasteiger partial charge in [0.05, 0.1) is 0 Å². The Hall–Kier alpha value is -1.06. The molecular weight excluding hydrogens is 182 g/mol. The first-order chi connectivity index (χ1) is 6.31. The third-order valence-electron chi connectivity index (χ3n) is 2.38. The molecule has 1 unspecified atom stereocenters. The monoisotopic (exact) mass is 199 g/mol. The standard InChI is InChI=1S/C10H17NO3/c1-10(2,3)6-7-4-5-8(12)11(7)9(13)14/h7H,4-6H2,1-3H3,(H,13,14). The highest BCUT2D eigenvalue weighted by atomic mass is 16.4. The molecule has 4 nitrogen and oxygen atoms in total. The average molecular weight is 199 g/mol. The lowest BCUT2D eigenvalue weighted by Crippen LogP contribution is -2.39. The van der Waals surface area contributed by atoms with Crippen LogP contribution in [0, 0.1) is 5.41 Å². The molecule has 0 aromatic heterocycles. The molecule has 0 spiro atoms. The van der Waals surface area contributed by atoms with Gasteiger partial charge in [-0.3, -0.25) is 4.79 Å². The summed E-state index contributed by atoms with van der Waals surface area (Å²) in [5.41, 5.74) is 0.0585. The van der Waals surface area contributed by atoms with Crippen molar-refractivity contribution < 1.29 is 14.7 Å². The predicted molar refractivity (Wildman–Crippen MR) is 52.0 cm³/mol. The number of rotatable bonds is 1. The number of hydrogen-bond acceptors (Lipinski definition) is 2. The van der Waals surface area contributed by atoms with Crippen LogP contribution in [0.25, 0.3) is 0 Å². The van der Waals surface area contributed by atoms with Crippen LogP contribution in [0.4, 0.5) is 4.79 Å². The van der Waals surface area contributed by atoms with Gasteiger partial charge < -0.3 is 5.11 Å². The van der Waals surface area contributed by atoms with Crippen LogP contribution in [-0.2, 0) is 4.79 Å². The fraction of sp³-hybridized carbons (Fsp3) is 0.800. The van der Waals surface area contributed by atoms with Crippen molar-refractivity contribution >= 4 is 12.0 Å². The van der Waals surface area contributed by atoms with Crippen molar-refractivity contribution in [1.82, 2.24) is 4.90 Å². The summed E-state index contributed by atoms with van der Waals surface area (Å²) in [6.07, 6.45) is 0.669. The summed E-state index contributed by atoms with van der Waals surface area (Å²) >= 11 is 0. The molecule has 1 rings (SSSR count). The van der Waals surface area contributed by atoms with Gasteiger partial charge in [-0.15, -0.1) is 0 Å². The Labute approximate surface area is 83.9 Å². The fourth-order valence-electron chi connectivity index (χ4n) is 1.91. The third kappa shape index (κ3) is 2.47. The molecular formula is C10H17NO3. The number of carbonyl (C=O) groups excluding carboxylic acids is 1. The molecule has 4 heteroatoms. The Morgan fingerprint density at radius 2 is 2.14 bits per heavy atom. The molecule has 0 aromatic carbocycles. The Morgan fingerprint density at radius 3 is 2.57 bits per heavy atom. The van der Waals surface area contributed by atoms with Crippen molar-refractivity contribution in [2.75, 3.05) is 0 Å². The number of amides is 2. The molecule has 0 aromatic rings. The molecule has 0 aliphatic carbocycles. The minimum absolute atomic E-state index is 0.0585. The van der Waals surface area contributed by atoms with Gasteiger partial charge in [-0.1, -0.05) is 20.8 Å². The van der Waals surface area contributed by atoms with Gasteiger partial charge in [-0.25, -0.2) is 9.69 Å². The summed E-state index contributed by atoms with van der Waals surface area (Å²) in [5, 5.41) is 8.86. The van der Waals surface area contributed by atoms with Crippen LogP contribution >= 0.6 is 0 Å². The number of carboxylic acid groups (broad SMARTS) is 1. The Bertz CT molecular complexity index is 255. The zero-order valence-electron chi connectivity index (χ0n) is 8.91. The topological polar surface area (TPSA) is 57.6 Å².